The first-order valence-electron chi connectivity index (χ1n) is 6.87. The predicted molar refractivity (Wildman–Crippen MR) is 75.1 cm³/mol. The van der Waals surface area contributed by atoms with Crippen molar-refractivity contribution in [1.29, 1.82) is 0 Å². The van der Waals surface area contributed by atoms with Gasteiger partial charge in [0.1, 0.15) is 0 Å². The summed E-state index contributed by atoms with van der Waals surface area (Å²) in [6, 6.07) is 4.26. The van der Waals surface area contributed by atoms with E-state index in [0.717, 1.165) is 38.5 Å². The third-order valence-corrected chi connectivity index (χ3v) is 5.49. The molecule has 1 heterocycles. The molecule has 1 aliphatic rings. The molecule has 2 rings (SSSR count). The van der Waals surface area contributed by atoms with Crippen molar-refractivity contribution in [2.24, 2.45) is 11.3 Å². The third-order valence-electron chi connectivity index (χ3n) is 4.26. The van der Waals surface area contributed by atoms with Gasteiger partial charge in [-0.05, 0) is 56.6 Å². The third kappa shape index (κ3) is 2.77. The molecule has 0 radical (unpaired) electrons. The molecule has 0 aliphatic heterocycles. The Hall–Kier alpha value is -0.830. The zero-order chi connectivity index (χ0) is 13.2. The van der Waals surface area contributed by atoms with Gasteiger partial charge >= 0.3 is 5.97 Å². The van der Waals surface area contributed by atoms with Crippen LogP contribution in [0.25, 0.3) is 0 Å². The molecular formula is C15H22O2S. The largest absolute Gasteiger partial charge is 0.481 e. The lowest BCUT2D eigenvalue weighted by Gasteiger charge is -2.35. The Labute approximate surface area is 113 Å². The van der Waals surface area contributed by atoms with E-state index in [1.165, 1.54) is 9.75 Å². The quantitative estimate of drug-likeness (QED) is 0.889. The van der Waals surface area contributed by atoms with Crippen LogP contribution < -0.4 is 0 Å². The summed E-state index contributed by atoms with van der Waals surface area (Å²) in [5.74, 6) is 0.0906. The maximum atomic E-state index is 11.7. The first-order chi connectivity index (χ1) is 8.55. The van der Waals surface area contributed by atoms with Crippen molar-refractivity contribution in [3.05, 3.63) is 21.9 Å². The number of hydrogen-bond acceptors (Lipinski definition) is 2. The smallest absolute Gasteiger partial charge is 0.309 e. The Kier molecular flexibility index (Phi) is 4.10. The van der Waals surface area contributed by atoms with E-state index in [-0.39, 0.29) is 0 Å². The zero-order valence-electron chi connectivity index (χ0n) is 11.2. The van der Waals surface area contributed by atoms with Crippen LogP contribution in [0.15, 0.2) is 12.1 Å². The number of aliphatic carboxylic acids is 1. The lowest BCUT2D eigenvalue weighted by atomic mass is 9.69. The second kappa shape index (κ2) is 5.43. The number of hydrogen-bond donors (Lipinski definition) is 1. The number of aryl methyl sites for hydroxylation is 1. The first-order valence-corrected chi connectivity index (χ1v) is 7.68. The minimum Gasteiger partial charge on any atom is -0.481 e. The standard InChI is InChI=1S/C15H22O2S/c1-3-12-4-5-13(18-12)10-15(14(16)17)8-6-11(2)7-9-15/h4-5,11H,3,6-10H2,1-2H3,(H,16,17). The molecule has 3 heteroatoms. The molecular weight excluding hydrogens is 244 g/mol. The molecule has 0 amide bonds. The van der Waals surface area contributed by atoms with Gasteiger partial charge in [-0.15, -0.1) is 11.3 Å². The van der Waals surface area contributed by atoms with E-state index in [1.54, 1.807) is 11.3 Å². The Morgan fingerprint density at radius 3 is 2.50 bits per heavy atom. The number of carbonyl (C=O) groups is 1. The van der Waals surface area contributed by atoms with Gasteiger partial charge in [-0.1, -0.05) is 13.8 Å². The average molecular weight is 266 g/mol. The highest BCUT2D eigenvalue weighted by Gasteiger charge is 2.41. The fourth-order valence-corrected chi connectivity index (χ4v) is 3.92. The van der Waals surface area contributed by atoms with E-state index in [2.05, 4.69) is 26.0 Å². The van der Waals surface area contributed by atoms with Gasteiger partial charge in [0.2, 0.25) is 0 Å². The number of rotatable bonds is 4. The topological polar surface area (TPSA) is 37.3 Å². The Morgan fingerprint density at radius 2 is 2.00 bits per heavy atom. The predicted octanol–water partition coefficient (Wildman–Crippen LogP) is 4.13. The Morgan fingerprint density at radius 1 is 1.39 bits per heavy atom. The van der Waals surface area contributed by atoms with Gasteiger partial charge in [0.15, 0.2) is 0 Å². The Bertz CT molecular complexity index is 414. The fraction of sp³-hybridized carbons (Fsp3) is 0.667. The van der Waals surface area contributed by atoms with Gasteiger partial charge in [0.05, 0.1) is 5.41 Å². The highest BCUT2D eigenvalue weighted by atomic mass is 32.1. The highest BCUT2D eigenvalue weighted by Crippen LogP contribution is 2.42. The van der Waals surface area contributed by atoms with Crippen LogP contribution in [0.3, 0.4) is 0 Å². The molecule has 100 valence electrons. The van der Waals surface area contributed by atoms with E-state index < -0.39 is 11.4 Å². The van der Waals surface area contributed by atoms with E-state index >= 15 is 0 Å². The van der Waals surface area contributed by atoms with Crippen LogP contribution in [-0.4, -0.2) is 11.1 Å². The van der Waals surface area contributed by atoms with E-state index in [0.29, 0.717) is 5.92 Å². The normalized spacial score (nSPS) is 28.2. The molecule has 1 aromatic heterocycles. The first kappa shape index (κ1) is 13.6. The van der Waals surface area contributed by atoms with Crippen molar-refractivity contribution >= 4 is 17.3 Å². The van der Waals surface area contributed by atoms with Crippen LogP contribution in [0.4, 0.5) is 0 Å². The van der Waals surface area contributed by atoms with Crippen molar-refractivity contribution in [3.63, 3.8) is 0 Å². The van der Waals surface area contributed by atoms with E-state index in [1.807, 2.05) is 0 Å². The molecule has 1 saturated carbocycles. The lowest BCUT2D eigenvalue weighted by Crippen LogP contribution is -2.36. The molecule has 0 spiro atoms. The molecule has 1 aromatic rings. The SMILES string of the molecule is CCc1ccc(CC2(C(=O)O)CCC(C)CC2)s1. The maximum Gasteiger partial charge on any atom is 0.309 e. The van der Waals surface area contributed by atoms with Crippen molar-refractivity contribution in [2.75, 3.05) is 0 Å². The minimum absolute atomic E-state index is 0.498. The monoisotopic (exact) mass is 266 g/mol. The van der Waals surface area contributed by atoms with Gasteiger partial charge < -0.3 is 5.11 Å². The van der Waals surface area contributed by atoms with E-state index in [9.17, 15) is 9.90 Å². The summed E-state index contributed by atoms with van der Waals surface area (Å²) in [6.07, 6.45) is 5.55. The Balaban J connectivity index is 2.13. The van der Waals surface area contributed by atoms with Crippen LogP contribution in [0.2, 0.25) is 0 Å². The molecule has 1 fully saturated rings. The fourth-order valence-electron chi connectivity index (χ4n) is 2.82. The van der Waals surface area contributed by atoms with Crippen LogP contribution in [0.1, 0.15) is 49.3 Å². The summed E-state index contributed by atoms with van der Waals surface area (Å²) in [6.45, 7) is 4.37. The second-order valence-electron chi connectivity index (χ2n) is 5.67. The molecule has 1 aliphatic carbocycles. The van der Waals surface area contributed by atoms with Crippen molar-refractivity contribution < 1.29 is 9.90 Å². The average Bonchev–Trinajstić information content (AvgIpc) is 2.79. The van der Waals surface area contributed by atoms with Gasteiger partial charge in [-0.3, -0.25) is 4.79 Å². The summed E-state index contributed by atoms with van der Waals surface area (Å²) in [5.41, 5.74) is -0.498. The second-order valence-corrected chi connectivity index (χ2v) is 6.92. The molecule has 1 N–H and O–H groups in total. The summed E-state index contributed by atoms with van der Waals surface area (Å²) in [7, 11) is 0. The van der Waals surface area contributed by atoms with Crippen LogP contribution in [0, 0.1) is 11.3 Å². The lowest BCUT2D eigenvalue weighted by molar-refractivity contribution is -0.151. The molecule has 2 nitrogen and oxygen atoms in total. The van der Waals surface area contributed by atoms with Crippen LogP contribution in [-0.2, 0) is 17.6 Å². The molecule has 0 atom stereocenters. The molecule has 0 unspecified atom stereocenters. The molecule has 0 aromatic carbocycles. The number of carboxylic acids is 1. The number of carboxylic acid groups (broad SMARTS) is 1. The molecule has 0 bridgehead atoms. The molecule has 18 heavy (non-hydrogen) atoms. The minimum atomic E-state index is -0.596. The van der Waals surface area contributed by atoms with Crippen molar-refractivity contribution in [1.82, 2.24) is 0 Å². The highest BCUT2D eigenvalue weighted by molar-refractivity contribution is 7.12. The number of thiophene rings is 1. The maximum absolute atomic E-state index is 11.7. The van der Waals surface area contributed by atoms with E-state index in [4.69, 9.17) is 0 Å². The summed E-state index contributed by atoms with van der Waals surface area (Å²) >= 11 is 1.78. The molecule has 0 saturated heterocycles. The van der Waals surface area contributed by atoms with Gasteiger partial charge in [-0.25, -0.2) is 0 Å². The summed E-state index contributed by atoms with van der Waals surface area (Å²) < 4.78 is 0. The summed E-state index contributed by atoms with van der Waals surface area (Å²) in [5, 5.41) is 9.60. The van der Waals surface area contributed by atoms with Crippen LogP contribution in [0.5, 0.6) is 0 Å². The van der Waals surface area contributed by atoms with Gasteiger partial charge in [0, 0.05) is 9.75 Å². The van der Waals surface area contributed by atoms with Crippen LogP contribution >= 0.6 is 11.3 Å². The zero-order valence-corrected chi connectivity index (χ0v) is 12.1. The van der Waals surface area contributed by atoms with Crippen molar-refractivity contribution in [2.45, 2.75) is 52.4 Å². The van der Waals surface area contributed by atoms with Gasteiger partial charge in [0.25, 0.3) is 0 Å². The van der Waals surface area contributed by atoms with Crippen molar-refractivity contribution in [3.8, 4) is 0 Å². The summed E-state index contributed by atoms with van der Waals surface area (Å²) in [4.78, 5) is 14.3. The van der Waals surface area contributed by atoms with Gasteiger partial charge in [-0.2, -0.15) is 0 Å².